The molecule has 280 valence electrons. The lowest BCUT2D eigenvalue weighted by atomic mass is 10.0. The van der Waals surface area contributed by atoms with E-state index in [0.717, 1.165) is 25.7 Å². The van der Waals surface area contributed by atoms with Crippen LogP contribution in [0.3, 0.4) is 0 Å². The fourth-order valence-corrected chi connectivity index (χ4v) is 5.89. The zero-order chi connectivity index (χ0) is 34.7. The van der Waals surface area contributed by atoms with Crippen molar-refractivity contribution in [1.82, 2.24) is 0 Å². The normalized spacial score (nSPS) is 14.4. The first-order chi connectivity index (χ1) is 22.1. The smallest absolute Gasteiger partial charge is 0.394 e. The number of hydrogen-bond acceptors (Lipinski definition) is 7. The van der Waals surface area contributed by atoms with E-state index in [1.165, 1.54) is 141 Å². The minimum absolute atomic E-state index is 0.343. The molecule has 4 unspecified atom stereocenters. The molecule has 0 fully saturated rings. The van der Waals surface area contributed by atoms with Crippen molar-refractivity contribution in [1.29, 1.82) is 0 Å². The van der Waals surface area contributed by atoms with E-state index >= 15 is 0 Å². The molecular formula is C36H76O9S. The molecule has 0 radical (unpaired) electrons. The molecule has 0 aromatic rings. The molecule has 0 amide bonds. The Balaban J connectivity index is 0. The molecule has 0 bridgehead atoms. The van der Waals surface area contributed by atoms with Crippen molar-refractivity contribution in [2.45, 2.75) is 218 Å². The van der Waals surface area contributed by atoms with E-state index in [-0.39, 0.29) is 13.2 Å². The van der Waals surface area contributed by atoms with Gasteiger partial charge in [-0.25, -0.2) is 0 Å². The molecule has 0 saturated heterocycles. The molecule has 0 aliphatic carbocycles. The van der Waals surface area contributed by atoms with Crippen LogP contribution in [0, 0.1) is 0 Å². The molecule has 0 heterocycles. The Hall–Kier alpha value is -0.330. The van der Waals surface area contributed by atoms with Crippen LogP contribution >= 0.6 is 0 Å². The van der Waals surface area contributed by atoms with Crippen LogP contribution in [0.2, 0.25) is 0 Å². The van der Waals surface area contributed by atoms with Crippen molar-refractivity contribution in [2.24, 2.45) is 0 Å². The molecule has 46 heavy (non-hydrogen) atoms. The molecule has 4 atom stereocenters. The Kier molecular flexibility index (Phi) is 37.4. The van der Waals surface area contributed by atoms with Gasteiger partial charge in [0.05, 0.1) is 25.4 Å². The van der Waals surface area contributed by atoms with Gasteiger partial charge in [0.2, 0.25) is 0 Å². The Labute approximate surface area is 283 Å². The first-order valence-electron chi connectivity index (χ1n) is 19.0. The summed E-state index contributed by atoms with van der Waals surface area (Å²) in [5.41, 5.74) is 0. The number of hydrogen-bond donors (Lipinski definition) is 6. The fraction of sp³-hybridized carbons (Fsp3) is 1.00. The summed E-state index contributed by atoms with van der Waals surface area (Å²) in [7, 11) is -4.67. The Bertz CT molecular complexity index is 643. The topological polar surface area (TPSA) is 165 Å². The lowest BCUT2D eigenvalue weighted by molar-refractivity contribution is -0.137. The maximum atomic E-state index is 10.4. The van der Waals surface area contributed by atoms with Crippen LogP contribution in [0.25, 0.3) is 0 Å². The number of ether oxygens (including phenoxy) is 1. The molecule has 9 nitrogen and oxygen atoms in total. The van der Waals surface area contributed by atoms with E-state index in [4.69, 9.17) is 22.3 Å². The first-order valence-corrected chi connectivity index (χ1v) is 20.4. The predicted molar refractivity (Wildman–Crippen MR) is 190 cm³/mol. The summed E-state index contributed by atoms with van der Waals surface area (Å²) in [5, 5.41) is 39.9. The highest BCUT2D eigenvalue weighted by Gasteiger charge is 2.27. The van der Waals surface area contributed by atoms with Crippen LogP contribution in [-0.2, 0) is 15.1 Å². The Morgan fingerprint density at radius 1 is 0.435 bits per heavy atom. The van der Waals surface area contributed by atoms with Gasteiger partial charge in [-0.2, -0.15) is 8.42 Å². The number of rotatable bonds is 34. The molecule has 0 aliphatic rings. The van der Waals surface area contributed by atoms with Gasteiger partial charge in [0.1, 0.15) is 12.2 Å². The van der Waals surface area contributed by atoms with Crippen LogP contribution in [0.1, 0.15) is 194 Å². The van der Waals surface area contributed by atoms with E-state index in [2.05, 4.69) is 13.8 Å². The zero-order valence-electron chi connectivity index (χ0n) is 29.8. The van der Waals surface area contributed by atoms with Gasteiger partial charge in [-0.3, -0.25) is 9.11 Å². The molecule has 0 aliphatic heterocycles. The van der Waals surface area contributed by atoms with Gasteiger partial charge < -0.3 is 25.2 Å². The number of unbranched alkanes of at least 4 members (excludes halogenated alkanes) is 24. The van der Waals surface area contributed by atoms with Crippen molar-refractivity contribution in [3.63, 3.8) is 0 Å². The first kappa shape index (κ1) is 47.8. The highest BCUT2D eigenvalue weighted by atomic mass is 32.3. The van der Waals surface area contributed by atoms with E-state index < -0.39 is 34.8 Å². The van der Waals surface area contributed by atoms with Crippen molar-refractivity contribution >= 4 is 10.4 Å². The standard InChI is InChI=1S/C36H74O5.H2O4S/c1-3-5-7-9-11-13-15-17-19-21-23-25-27-29-35(33(39)31-37)41-36(34(40)32-38)30-28-26-24-22-20-18-16-14-12-10-8-6-4-2;1-5(2,3)4/h33-40H,3-32H2,1-2H3;(H2,1,2,3,4). The summed E-state index contributed by atoms with van der Waals surface area (Å²) < 4.78 is 37.7. The molecule has 6 N–H and O–H groups in total. The van der Waals surface area contributed by atoms with Crippen LogP contribution < -0.4 is 0 Å². The van der Waals surface area contributed by atoms with E-state index in [0.29, 0.717) is 12.8 Å². The molecule has 10 heteroatoms. The number of aliphatic hydroxyl groups is 4. The maximum Gasteiger partial charge on any atom is 0.394 e. The Morgan fingerprint density at radius 2 is 0.630 bits per heavy atom. The molecular weight excluding hydrogens is 608 g/mol. The third-order valence-electron chi connectivity index (χ3n) is 8.77. The second-order valence-electron chi connectivity index (χ2n) is 13.2. The van der Waals surface area contributed by atoms with Gasteiger partial charge in [-0.05, 0) is 12.8 Å². The molecule has 0 spiro atoms. The highest BCUT2D eigenvalue weighted by molar-refractivity contribution is 7.79. The number of aliphatic hydroxyl groups excluding tert-OH is 4. The summed E-state index contributed by atoms with van der Waals surface area (Å²) in [6.07, 6.45) is 31.9. The summed E-state index contributed by atoms with van der Waals surface area (Å²) in [4.78, 5) is 0. The van der Waals surface area contributed by atoms with Crippen LogP contribution in [0.5, 0.6) is 0 Å². The third kappa shape index (κ3) is 38.1. The molecule has 0 rings (SSSR count). The monoisotopic (exact) mass is 685 g/mol. The lowest BCUT2D eigenvalue weighted by Gasteiger charge is -2.30. The van der Waals surface area contributed by atoms with Gasteiger partial charge in [0.25, 0.3) is 0 Å². The van der Waals surface area contributed by atoms with E-state index in [9.17, 15) is 20.4 Å². The minimum Gasteiger partial charge on any atom is -0.394 e. The quantitative estimate of drug-likeness (QED) is 0.0287. The van der Waals surface area contributed by atoms with Crippen molar-refractivity contribution in [3.8, 4) is 0 Å². The predicted octanol–water partition coefficient (Wildman–Crippen LogP) is 8.76. The van der Waals surface area contributed by atoms with Gasteiger partial charge in [-0.1, -0.05) is 181 Å². The second kappa shape index (κ2) is 36.0. The maximum absolute atomic E-state index is 10.4. The third-order valence-corrected chi connectivity index (χ3v) is 8.77. The van der Waals surface area contributed by atoms with Crippen LogP contribution in [0.15, 0.2) is 0 Å². The lowest BCUT2D eigenvalue weighted by Crippen LogP contribution is -2.41. The largest absolute Gasteiger partial charge is 0.394 e. The highest BCUT2D eigenvalue weighted by Crippen LogP contribution is 2.21. The fourth-order valence-electron chi connectivity index (χ4n) is 5.89. The van der Waals surface area contributed by atoms with Gasteiger partial charge in [0, 0.05) is 0 Å². The van der Waals surface area contributed by atoms with E-state index in [1.54, 1.807) is 0 Å². The van der Waals surface area contributed by atoms with E-state index in [1.807, 2.05) is 0 Å². The summed E-state index contributed by atoms with van der Waals surface area (Å²) in [6.45, 7) is 3.84. The molecule has 0 aromatic carbocycles. The zero-order valence-corrected chi connectivity index (χ0v) is 30.7. The van der Waals surface area contributed by atoms with Crippen LogP contribution in [0.4, 0.5) is 0 Å². The average molecular weight is 685 g/mol. The minimum atomic E-state index is -4.67. The summed E-state index contributed by atoms with van der Waals surface area (Å²) in [5.74, 6) is 0. The SMILES string of the molecule is CCCCCCCCCCCCCCCC(OC(CCCCCCCCCCCCCCC)C(O)CO)C(O)CO.O=S(=O)(O)O. The van der Waals surface area contributed by atoms with Crippen molar-refractivity contribution in [3.05, 3.63) is 0 Å². The van der Waals surface area contributed by atoms with Crippen molar-refractivity contribution < 1.29 is 42.7 Å². The van der Waals surface area contributed by atoms with Gasteiger partial charge in [-0.15, -0.1) is 0 Å². The molecule has 0 aromatic heterocycles. The summed E-state index contributed by atoms with van der Waals surface area (Å²) >= 11 is 0. The average Bonchev–Trinajstić information content (AvgIpc) is 3.02. The second-order valence-corrected chi connectivity index (χ2v) is 14.1. The molecule has 0 saturated carbocycles. The van der Waals surface area contributed by atoms with Gasteiger partial charge in [0.15, 0.2) is 0 Å². The Morgan fingerprint density at radius 3 is 0.826 bits per heavy atom. The van der Waals surface area contributed by atoms with Gasteiger partial charge >= 0.3 is 10.4 Å². The summed E-state index contributed by atoms with van der Waals surface area (Å²) in [6, 6.07) is 0. The van der Waals surface area contributed by atoms with Crippen molar-refractivity contribution in [2.75, 3.05) is 13.2 Å². The van der Waals surface area contributed by atoms with Crippen LogP contribution in [-0.4, -0.2) is 75.6 Å².